The summed E-state index contributed by atoms with van der Waals surface area (Å²) < 4.78 is 36.9. The van der Waals surface area contributed by atoms with Crippen LogP contribution in [0, 0.1) is 25.5 Å². The van der Waals surface area contributed by atoms with Gasteiger partial charge in [-0.3, -0.25) is 9.08 Å². The van der Waals surface area contributed by atoms with Gasteiger partial charge in [-0.05, 0) is 44.5 Å². The molecule has 31 heavy (non-hydrogen) atoms. The summed E-state index contributed by atoms with van der Waals surface area (Å²) >= 11 is 0. The molecule has 1 unspecified atom stereocenters. The number of imidazole rings is 1. The van der Waals surface area contributed by atoms with Gasteiger partial charge < -0.3 is 9.84 Å². The quantitative estimate of drug-likeness (QED) is 0.497. The van der Waals surface area contributed by atoms with Crippen LogP contribution in [0.4, 0.5) is 8.78 Å². The van der Waals surface area contributed by atoms with Crippen molar-refractivity contribution in [2.75, 3.05) is 0 Å². The SMILES string of the molecule is Cc1cc(OCc2c(F)cccc2F)c2nc(C)c(-c3cnn(C(C)C(=O)O)c3)n2c1. The third-order valence-corrected chi connectivity index (χ3v) is 5.06. The van der Waals surface area contributed by atoms with Crippen LogP contribution < -0.4 is 4.74 Å². The van der Waals surface area contributed by atoms with Crippen LogP contribution in [0.5, 0.6) is 5.75 Å². The van der Waals surface area contributed by atoms with E-state index in [1.54, 1.807) is 25.4 Å². The van der Waals surface area contributed by atoms with E-state index in [1.807, 2.05) is 24.4 Å². The molecule has 0 aliphatic rings. The molecule has 0 aliphatic carbocycles. The van der Waals surface area contributed by atoms with Crippen molar-refractivity contribution < 1.29 is 23.4 Å². The molecule has 4 aromatic rings. The Morgan fingerprint density at radius 2 is 1.94 bits per heavy atom. The Morgan fingerprint density at radius 1 is 1.23 bits per heavy atom. The molecule has 0 fully saturated rings. The number of benzene rings is 1. The van der Waals surface area contributed by atoms with E-state index in [2.05, 4.69) is 10.1 Å². The monoisotopic (exact) mass is 426 g/mol. The van der Waals surface area contributed by atoms with Crippen LogP contribution in [0.2, 0.25) is 0 Å². The lowest BCUT2D eigenvalue weighted by Gasteiger charge is -2.11. The van der Waals surface area contributed by atoms with Crippen molar-refractivity contribution in [3.05, 3.63) is 71.3 Å². The predicted octanol–water partition coefficient (Wildman–Crippen LogP) is 4.32. The van der Waals surface area contributed by atoms with Gasteiger partial charge >= 0.3 is 5.97 Å². The summed E-state index contributed by atoms with van der Waals surface area (Å²) in [6.45, 7) is 4.94. The zero-order valence-corrected chi connectivity index (χ0v) is 17.1. The Balaban J connectivity index is 1.75. The molecule has 0 amide bonds. The molecule has 0 saturated heterocycles. The largest absolute Gasteiger partial charge is 0.485 e. The average molecular weight is 426 g/mol. The number of carboxylic acid groups (broad SMARTS) is 1. The molecule has 160 valence electrons. The number of hydrogen-bond donors (Lipinski definition) is 1. The Labute approximate surface area is 176 Å². The first-order valence-corrected chi connectivity index (χ1v) is 9.58. The minimum Gasteiger partial charge on any atom is -0.485 e. The van der Waals surface area contributed by atoms with Crippen molar-refractivity contribution >= 4 is 11.6 Å². The van der Waals surface area contributed by atoms with Gasteiger partial charge in [0.15, 0.2) is 11.4 Å². The van der Waals surface area contributed by atoms with E-state index in [0.717, 1.165) is 11.3 Å². The van der Waals surface area contributed by atoms with Crippen LogP contribution >= 0.6 is 0 Å². The van der Waals surface area contributed by atoms with Gasteiger partial charge in [0.1, 0.15) is 24.3 Å². The number of aromatic nitrogens is 4. The van der Waals surface area contributed by atoms with E-state index < -0.39 is 23.6 Å². The fourth-order valence-corrected chi connectivity index (χ4v) is 3.42. The van der Waals surface area contributed by atoms with Crippen LogP contribution in [0.15, 0.2) is 42.9 Å². The number of aliphatic carboxylic acids is 1. The van der Waals surface area contributed by atoms with E-state index in [1.165, 1.54) is 22.9 Å². The molecule has 9 heteroatoms. The zero-order valence-electron chi connectivity index (χ0n) is 17.1. The Morgan fingerprint density at radius 3 is 2.61 bits per heavy atom. The number of fused-ring (bicyclic) bond motifs is 1. The third-order valence-electron chi connectivity index (χ3n) is 5.06. The molecular formula is C22H20F2N4O3. The van der Waals surface area contributed by atoms with Gasteiger partial charge in [-0.1, -0.05) is 6.07 Å². The number of nitrogens with zero attached hydrogens (tertiary/aromatic N) is 4. The number of halogens is 2. The first kappa shape index (κ1) is 20.5. The maximum atomic E-state index is 14.0. The molecule has 3 heterocycles. The topological polar surface area (TPSA) is 81.7 Å². The molecule has 4 rings (SSSR count). The number of aryl methyl sites for hydroxylation is 2. The van der Waals surface area contributed by atoms with Crippen molar-refractivity contribution in [3.8, 4) is 17.0 Å². The summed E-state index contributed by atoms with van der Waals surface area (Å²) in [5.74, 6) is -1.97. The van der Waals surface area contributed by atoms with E-state index >= 15 is 0 Å². The molecule has 1 aromatic carbocycles. The number of hydrogen-bond acceptors (Lipinski definition) is 4. The fraction of sp³-hybridized carbons (Fsp3) is 0.227. The van der Waals surface area contributed by atoms with Crippen molar-refractivity contribution in [2.24, 2.45) is 0 Å². The smallest absolute Gasteiger partial charge is 0.328 e. The molecule has 7 nitrogen and oxygen atoms in total. The standard InChI is InChI=1S/C22H20F2N4O3/c1-12-7-19(31-11-16-17(23)5-4-6-18(16)24)21-26-13(2)20(27(21)9-12)15-8-25-28(10-15)14(3)22(29)30/h4-10,14H,11H2,1-3H3,(H,29,30). The van der Waals surface area contributed by atoms with Gasteiger partial charge in [-0.25, -0.2) is 18.6 Å². The van der Waals surface area contributed by atoms with E-state index in [9.17, 15) is 18.7 Å². The lowest BCUT2D eigenvalue weighted by atomic mass is 10.2. The van der Waals surface area contributed by atoms with E-state index in [4.69, 9.17) is 4.74 Å². The van der Waals surface area contributed by atoms with Gasteiger partial charge in [0, 0.05) is 18.0 Å². The first-order chi connectivity index (χ1) is 14.8. The summed E-state index contributed by atoms with van der Waals surface area (Å²) in [5, 5.41) is 13.4. The molecule has 0 bridgehead atoms. The lowest BCUT2D eigenvalue weighted by molar-refractivity contribution is -0.140. The van der Waals surface area contributed by atoms with Crippen molar-refractivity contribution in [1.82, 2.24) is 19.2 Å². The minimum absolute atomic E-state index is 0.158. The van der Waals surface area contributed by atoms with Crippen LogP contribution in [0.3, 0.4) is 0 Å². The molecule has 0 radical (unpaired) electrons. The highest BCUT2D eigenvalue weighted by atomic mass is 19.1. The van der Waals surface area contributed by atoms with Gasteiger partial charge in [0.25, 0.3) is 0 Å². The van der Waals surface area contributed by atoms with E-state index in [-0.39, 0.29) is 12.2 Å². The summed E-state index contributed by atoms with van der Waals surface area (Å²) in [6.07, 6.45) is 5.08. The van der Waals surface area contributed by atoms with Gasteiger partial charge in [0.05, 0.1) is 23.1 Å². The molecule has 0 saturated carbocycles. The van der Waals surface area contributed by atoms with Crippen LogP contribution in [-0.2, 0) is 11.4 Å². The predicted molar refractivity (Wildman–Crippen MR) is 109 cm³/mol. The summed E-state index contributed by atoms with van der Waals surface area (Å²) in [5.41, 5.74) is 3.26. The highest BCUT2D eigenvalue weighted by Crippen LogP contribution is 2.31. The summed E-state index contributed by atoms with van der Waals surface area (Å²) in [4.78, 5) is 15.8. The van der Waals surface area contributed by atoms with Crippen molar-refractivity contribution in [3.63, 3.8) is 0 Å². The van der Waals surface area contributed by atoms with Crippen LogP contribution in [0.1, 0.15) is 29.8 Å². The maximum Gasteiger partial charge on any atom is 0.328 e. The summed E-state index contributed by atoms with van der Waals surface area (Å²) in [7, 11) is 0. The molecular weight excluding hydrogens is 406 g/mol. The maximum absolute atomic E-state index is 14.0. The van der Waals surface area contributed by atoms with Gasteiger partial charge in [-0.2, -0.15) is 5.10 Å². The zero-order chi connectivity index (χ0) is 22.3. The van der Waals surface area contributed by atoms with Crippen molar-refractivity contribution in [2.45, 2.75) is 33.4 Å². The van der Waals surface area contributed by atoms with E-state index in [0.29, 0.717) is 22.7 Å². The molecule has 1 atom stereocenters. The number of carbonyl (C=O) groups is 1. The number of ether oxygens (including phenoxy) is 1. The van der Waals surface area contributed by atoms with Crippen LogP contribution in [-0.4, -0.2) is 30.2 Å². The van der Waals surface area contributed by atoms with Gasteiger partial charge in [0.2, 0.25) is 0 Å². The van der Waals surface area contributed by atoms with Gasteiger partial charge in [-0.15, -0.1) is 0 Å². The second kappa shape index (κ2) is 7.82. The second-order valence-electron chi connectivity index (χ2n) is 7.33. The number of pyridine rings is 1. The Kier molecular flexibility index (Phi) is 5.18. The first-order valence-electron chi connectivity index (χ1n) is 9.58. The van der Waals surface area contributed by atoms with Crippen LogP contribution in [0.25, 0.3) is 16.9 Å². The molecule has 0 spiro atoms. The summed E-state index contributed by atoms with van der Waals surface area (Å²) in [6, 6.07) is 4.60. The number of carboxylic acids is 1. The number of rotatable bonds is 6. The fourth-order valence-electron chi connectivity index (χ4n) is 3.42. The average Bonchev–Trinajstić information content (AvgIpc) is 3.30. The second-order valence-corrected chi connectivity index (χ2v) is 7.33. The lowest BCUT2D eigenvalue weighted by Crippen LogP contribution is -2.15. The highest BCUT2D eigenvalue weighted by molar-refractivity contribution is 5.72. The Bertz CT molecular complexity index is 1280. The Hall–Kier alpha value is -3.75. The normalized spacial score (nSPS) is 12.3. The molecule has 1 N–H and O–H groups in total. The third kappa shape index (κ3) is 3.74. The van der Waals surface area contributed by atoms with Crippen molar-refractivity contribution in [1.29, 1.82) is 0 Å². The highest BCUT2D eigenvalue weighted by Gasteiger charge is 2.20. The minimum atomic E-state index is -0.989. The molecule has 0 aliphatic heterocycles. The molecule has 3 aromatic heterocycles.